The number of hydrogen-bond acceptors (Lipinski definition) is 4. The molecule has 0 aliphatic heterocycles. The highest BCUT2D eigenvalue weighted by molar-refractivity contribution is 7.26. The van der Waals surface area contributed by atoms with E-state index < -0.39 is 0 Å². The van der Waals surface area contributed by atoms with Gasteiger partial charge in [0.15, 0.2) is 11.2 Å². The van der Waals surface area contributed by atoms with Crippen molar-refractivity contribution < 1.29 is 8.83 Å². The molecule has 0 amide bonds. The van der Waals surface area contributed by atoms with Crippen LogP contribution in [0.5, 0.6) is 0 Å². The van der Waals surface area contributed by atoms with Crippen LogP contribution in [0.1, 0.15) is 0 Å². The van der Waals surface area contributed by atoms with Gasteiger partial charge in [-0.25, -0.2) is 0 Å². The molecule has 0 fully saturated rings. The summed E-state index contributed by atoms with van der Waals surface area (Å²) < 4.78 is 24.2. The molecule has 0 aliphatic rings. The first-order valence-electron chi connectivity index (χ1n) is 34.9. The van der Waals surface area contributed by atoms with Crippen molar-refractivity contribution in [1.82, 2.24) is 9.13 Å². The number of para-hydroxylation sites is 4. The summed E-state index contributed by atoms with van der Waals surface area (Å²) >= 11 is 3.74. The van der Waals surface area contributed by atoms with Gasteiger partial charge in [0, 0.05) is 116 Å². The van der Waals surface area contributed by atoms with Gasteiger partial charge in [0.1, 0.15) is 11.2 Å². The van der Waals surface area contributed by atoms with Gasteiger partial charge in [0.05, 0.1) is 22.1 Å². The van der Waals surface area contributed by atoms with E-state index >= 15 is 0 Å². The second-order valence-electron chi connectivity index (χ2n) is 27.1. The molecule has 0 atom stereocenters. The molecular weight excluding hydrogens is 1280 g/mol. The van der Waals surface area contributed by atoms with E-state index in [4.69, 9.17) is 8.83 Å². The Balaban J connectivity index is 0.000000126. The highest BCUT2D eigenvalue weighted by Gasteiger charge is 2.29. The number of nitrogens with zero attached hydrogens (tertiary/aromatic N) is 2. The van der Waals surface area contributed by atoms with Crippen LogP contribution < -0.4 is 0 Å². The molecule has 0 N–H and O–H groups in total. The fourth-order valence-corrected chi connectivity index (χ4v) is 20.0. The molecule has 0 aliphatic carbocycles. The van der Waals surface area contributed by atoms with Gasteiger partial charge in [-0.3, -0.25) is 0 Å². The fraction of sp³-hybridized carbons (Fsp3) is 0. The van der Waals surface area contributed by atoms with E-state index in [1.54, 1.807) is 0 Å². The van der Waals surface area contributed by atoms with Crippen LogP contribution >= 0.6 is 22.7 Å². The minimum Gasteiger partial charge on any atom is -0.454 e. The van der Waals surface area contributed by atoms with Crippen LogP contribution in [0.15, 0.2) is 336 Å². The summed E-state index contributed by atoms with van der Waals surface area (Å²) in [6.07, 6.45) is 0. The lowest BCUT2D eigenvalue weighted by atomic mass is 9.89. The Morgan fingerprint density at radius 3 is 1.15 bits per heavy atom. The van der Waals surface area contributed by atoms with Crippen molar-refractivity contribution in [3.63, 3.8) is 0 Å². The van der Waals surface area contributed by atoms with Crippen molar-refractivity contribution in [3.05, 3.63) is 328 Å². The van der Waals surface area contributed by atoms with Crippen molar-refractivity contribution >= 4 is 215 Å². The molecule has 0 spiro atoms. The van der Waals surface area contributed by atoms with Crippen LogP contribution in [-0.2, 0) is 0 Å². The summed E-state index contributed by atoms with van der Waals surface area (Å²) in [6, 6.07) is 120. The Bertz CT molecular complexity index is 7760. The highest BCUT2D eigenvalue weighted by Crippen LogP contribution is 2.54. The molecule has 0 unspecified atom stereocenters. The maximum absolute atomic E-state index is 7.01. The number of hydrogen-bond donors (Lipinski definition) is 0. The normalized spacial score (nSPS) is 12.3. The Labute approximate surface area is 590 Å². The maximum Gasteiger partial charge on any atom is 0.160 e. The van der Waals surface area contributed by atoms with Crippen LogP contribution in [0.3, 0.4) is 0 Å². The molecule has 0 saturated heterocycles. The lowest BCUT2D eigenvalue weighted by molar-refractivity contribution is 0.671. The average molecular weight is 1330 g/mol. The van der Waals surface area contributed by atoms with Gasteiger partial charge in [-0.2, -0.15) is 0 Å². The zero-order valence-corrected chi connectivity index (χ0v) is 56.3. The molecule has 24 rings (SSSR count). The summed E-state index contributed by atoms with van der Waals surface area (Å²) in [5.74, 6) is 0. The Morgan fingerprint density at radius 1 is 0.216 bits per heavy atom. The van der Waals surface area contributed by atoms with E-state index in [9.17, 15) is 0 Å². The molecule has 472 valence electrons. The maximum atomic E-state index is 7.01. The standard InChI is InChI=1S/2C48H27NOS/c1-3-18-34-31(15-1)32-16-2-4-19-35(32)43-42(34)44-37-20-5-8-24-39(37)49(46(44)47-45(43)38-21-6-9-25-40(38)50-47)29-14-11-13-28(27-29)30-22-12-23-36-33-17-7-10-26-41(33)51-48(30)36;1-3-14-34-31(11-1)32-12-2-4-15-35(32)44-43(34)45-36-16-5-8-18-39(36)49(47(45)48-46(44)37-17-6-9-19-40(37)50-48)30-24-21-28(22-25-30)29-23-26-42-38(27-29)33-13-7-10-20-41(33)51-42/h2*1-27H. The third-order valence-corrected chi connectivity index (χ3v) is 24.3. The first kappa shape index (κ1) is 56.1. The molecule has 6 heterocycles. The van der Waals surface area contributed by atoms with Crippen LogP contribution in [0.4, 0.5) is 0 Å². The monoisotopic (exact) mass is 1330 g/mol. The van der Waals surface area contributed by atoms with Crippen molar-refractivity contribution in [2.24, 2.45) is 0 Å². The lowest BCUT2D eigenvalue weighted by Gasteiger charge is -2.14. The van der Waals surface area contributed by atoms with Crippen molar-refractivity contribution in [3.8, 4) is 33.6 Å². The summed E-state index contributed by atoms with van der Waals surface area (Å²) in [6.45, 7) is 0. The molecule has 18 aromatic carbocycles. The number of furan rings is 2. The molecule has 0 radical (unpaired) electrons. The zero-order chi connectivity index (χ0) is 66.4. The van der Waals surface area contributed by atoms with E-state index in [2.05, 4.69) is 337 Å². The van der Waals surface area contributed by atoms with Crippen molar-refractivity contribution in [2.45, 2.75) is 0 Å². The fourth-order valence-electron chi connectivity index (χ4n) is 17.7. The van der Waals surface area contributed by atoms with Crippen LogP contribution in [0, 0.1) is 0 Å². The quantitative estimate of drug-likeness (QED) is 0.165. The SMILES string of the molecule is c1cc(-c2cccc3c2sc2ccccc23)cc(-n2c3ccccc3c3c4c5ccccc5c5ccccc5c4c4c5ccccc5oc4c32)c1.c1ccc2c(c1)oc1c2c2c3ccccc3c3ccccc3c2c2c3ccccc3n(-c3ccc(-c4ccc5sc6ccccc6c5c4)cc3)c12. The highest BCUT2D eigenvalue weighted by atomic mass is 32.1. The van der Waals surface area contributed by atoms with Crippen molar-refractivity contribution in [2.75, 3.05) is 0 Å². The van der Waals surface area contributed by atoms with Crippen LogP contribution in [0.2, 0.25) is 0 Å². The first-order valence-corrected chi connectivity index (χ1v) is 36.5. The van der Waals surface area contributed by atoms with E-state index in [1.807, 2.05) is 22.7 Å². The smallest absolute Gasteiger partial charge is 0.160 e. The van der Waals surface area contributed by atoms with Gasteiger partial charge >= 0.3 is 0 Å². The zero-order valence-electron chi connectivity index (χ0n) is 54.7. The number of aromatic nitrogens is 2. The number of fused-ring (bicyclic) bond motifs is 36. The minimum atomic E-state index is 0.903. The number of thiophene rings is 2. The third-order valence-electron chi connectivity index (χ3n) is 21.9. The minimum absolute atomic E-state index is 0.903. The third kappa shape index (κ3) is 7.79. The van der Waals surface area contributed by atoms with E-state index in [0.29, 0.717) is 0 Å². The summed E-state index contributed by atoms with van der Waals surface area (Å²) in [5.41, 5.74) is 15.3. The summed E-state index contributed by atoms with van der Waals surface area (Å²) in [4.78, 5) is 0. The summed E-state index contributed by atoms with van der Waals surface area (Å²) in [7, 11) is 0. The molecule has 6 heteroatoms. The second kappa shape index (κ2) is 21.3. The molecular formula is C96H54N2O2S2. The molecule has 24 aromatic rings. The van der Waals surface area contributed by atoms with Gasteiger partial charge in [-0.1, -0.05) is 255 Å². The molecule has 6 aromatic heterocycles. The van der Waals surface area contributed by atoms with Crippen LogP contribution in [0.25, 0.3) is 226 Å². The Hall–Kier alpha value is -12.8. The first-order chi connectivity index (χ1) is 50.6. The largest absolute Gasteiger partial charge is 0.454 e. The van der Waals surface area contributed by atoms with E-state index in [0.717, 1.165) is 66.5 Å². The molecule has 102 heavy (non-hydrogen) atoms. The van der Waals surface area contributed by atoms with Crippen LogP contribution in [-0.4, -0.2) is 9.13 Å². The molecule has 0 bridgehead atoms. The lowest BCUT2D eigenvalue weighted by Crippen LogP contribution is -1.95. The van der Waals surface area contributed by atoms with Gasteiger partial charge < -0.3 is 18.0 Å². The second-order valence-corrected chi connectivity index (χ2v) is 29.3. The molecule has 4 nitrogen and oxygen atoms in total. The summed E-state index contributed by atoms with van der Waals surface area (Å²) in [5, 5.41) is 29.9. The van der Waals surface area contributed by atoms with Crippen molar-refractivity contribution in [1.29, 1.82) is 0 Å². The van der Waals surface area contributed by atoms with E-state index in [-0.39, 0.29) is 0 Å². The van der Waals surface area contributed by atoms with E-state index in [1.165, 1.54) is 160 Å². The predicted octanol–water partition coefficient (Wildman–Crippen LogP) is 28.4. The van der Waals surface area contributed by atoms with Gasteiger partial charge in [-0.15, -0.1) is 22.7 Å². The van der Waals surface area contributed by atoms with Gasteiger partial charge in [0.2, 0.25) is 0 Å². The van der Waals surface area contributed by atoms with Gasteiger partial charge in [-0.05, 0) is 138 Å². The van der Waals surface area contributed by atoms with Gasteiger partial charge in [0.25, 0.3) is 0 Å². The number of benzene rings is 18. The number of rotatable bonds is 4. The predicted molar refractivity (Wildman–Crippen MR) is 438 cm³/mol. The Morgan fingerprint density at radius 2 is 0.608 bits per heavy atom. The topological polar surface area (TPSA) is 36.1 Å². The average Bonchev–Trinajstić information content (AvgIpc) is 1.44. The molecule has 0 saturated carbocycles. The Kier molecular flexibility index (Phi) is 11.7.